The van der Waals surface area contributed by atoms with Crippen LogP contribution in [0.4, 0.5) is 4.79 Å². The van der Waals surface area contributed by atoms with Crippen molar-refractivity contribution in [3.8, 4) is 11.6 Å². The Hall–Kier alpha value is -2.56. The van der Waals surface area contributed by atoms with Crippen molar-refractivity contribution in [2.24, 2.45) is 17.8 Å². The molecule has 0 radical (unpaired) electrons. The first-order chi connectivity index (χ1) is 13.7. The molecule has 2 aromatic rings. The number of carbonyl (C=O) groups is 1. The van der Waals surface area contributed by atoms with Crippen LogP contribution in [0.3, 0.4) is 0 Å². The molecule has 1 aromatic heterocycles. The Balaban J connectivity index is 1.18. The van der Waals surface area contributed by atoms with Crippen molar-refractivity contribution in [2.75, 3.05) is 0 Å². The highest BCUT2D eigenvalue weighted by molar-refractivity contribution is 5.75. The molecule has 4 bridgehead atoms. The highest BCUT2D eigenvalue weighted by Crippen LogP contribution is 2.55. The van der Waals surface area contributed by atoms with Gasteiger partial charge in [-0.05, 0) is 80.0 Å². The lowest BCUT2D eigenvalue weighted by Crippen LogP contribution is -2.61. The molecule has 2 amide bonds. The summed E-state index contributed by atoms with van der Waals surface area (Å²) in [7, 11) is 0. The summed E-state index contributed by atoms with van der Waals surface area (Å²) in [5.74, 6) is 3.76. The van der Waals surface area contributed by atoms with E-state index >= 15 is 0 Å². The quantitative estimate of drug-likeness (QED) is 0.798. The molecule has 5 nitrogen and oxygen atoms in total. The van der Waals surface area contributed by atoms with E-state index in [1.54, 1.807) is 6.20 Å². The van der Waals surface area contributed by atoms with E-state index in [2.05, 4.69) is 15.6 Å². The van der Waals surface area contributed by atoms with E-state index in [0.29, 0.717) is 12.4 Å². The lowest BCUT2D eigenvalue weighted by molar-refractivity contribution is -0.0135. The number of urea groups is 1. The third-order valence-electron chi connectivity index (χ3n) is 6.63. The average molecular weight is 377 g/mol. The van der Waals surface area contributed by atoms with Gasteiger partial charge in [0.25, 0.3) is 0 Å². The van der Waals surface area contributed by atoms with Gasteiger partial charge in [-0.1, -0.05) is 18.2 Å². The van der Waals surface area contributed by atoms with Gasteiger partial charge in [-0.3, -0.25) is 0 Å². The van der Waals surface area contributed by atoms with E-state index in [1.807, 2.05) is 42.5 Å². The van der Waals surface area contributed by atoms with Gasteiger partial charge in [0.1, 0.15) is 5.75 Å². The van der Waals surface area contributed by atoms with Crippen molar-refractivity contribution in [3.63, 3.8) is 0 Å². The minimum Gasteiger partial charge on any atom is -0.439 e. The van der Waals surface area contributed by atoms with Gasteiger partial charge in [0.2, 0.25) is 5.88 Å². The molecular formula is C23H27N3O2. The lowest BCUT2D eigenvalue weighted by Gasteiger charge is -2.56. The Labute approximate surface area is 165 Å². The van der Waals surface area contributed by atoms with Crippen LogP contribution in [-0.2, 0) is 6.54 Å². The fraction of sp³-hybridized carbons (Fsp3) is 0.478. The molecule has 1 heterocycles. The minimum atomic E-state index is -0.0435. The van der Waals surface area contributed by atoms with Crippen LogP contribution in [0.1, 0.15) is 44.1 Å². The maximum atomic E-state index is 12.6. The second-order valence-electron chi connectivity index (χ2n) is 8.92. The van der Waals surface area contributed by atoms with Crippen molar-refractivity contribution < 1.29 is 9.53 Å². The van der Waals surface area contributed by atoms with E-state index in [-0.39, 0.29) is 11.6 Å². The van der Waals surface area contributed by atoms with Gasteiger partial charge < -0.3 is 15.4 Å². The van der Waals surface area contributed by atoms with Crippen LogP contribution in [0.5, 0.6) is 11.6 Å². The average Bonchev–Trinajstić information content (AvgIpc) is 2.66. The number of hydrogen-bond donors (Lipinski definition) is 2. The summed E-state index contributed by atoms with van der Waals surface area (Å²) in [4.78, 5) is 16.8. The summed E-state index contributed by atoms with van der Waals surface area (Å²) in [5.41, 5.74) is 1.05. The first-order valence-corrected chi connectivity index (χ1v) is 10.4. The SMILES string of the molecule is O=C(NCc1cccc(Oc2ccccn2)c1)NC12CC3CC(CC(C3)C1)C2. The molecule has 28 heavy (non-hydrogen) atoms. The second kappa shape index (κ2) is 7.12. The topological polar surface area (TPSA) is 63.2 Å². The Bertz CT molecular complexity index is 817. The Morgan fingerprint density at radius 3 is 2.46 bits per heavy atom. The zero-order valence-electron chi connectivity index (χ0n) is 16.1. The standard InChI is InChI=1S/C23H27N3O2/c27-22(26-23-12-17-8-18(13-23)10-19(9-17)14-23)25-15-16-4-3-5-20(11-16)28-21-6-1-2-7-24-21/h1-7,11,17-19H,8-10,12-15H2,(H2,25,26,27). The number of nitrogens with zero attached hydrogens (tertiary/aromatic N) is 1. The van der Waals surface area contributed by atoms with Gasteiger partial charge in [-0.15, -0.1) is 0 Å². The second-order valence-corrected chi connectivity index (χ2v) is 8.92. The normalized spacial score (nSPS) is 30.1. The number of aromatic nitrogens is 1. The molecule has 0 unspecified atom stereocenters. The number of benzene rings is 1. The Morgan fingerprint density at radius 1 is 1.04 bits per heavy atom. The fourth-order valence-corrected chi connectivity index (χ4v) is 5.98. The molecule has 4 aliphatic rings. The number of nitrogens with one attached hydrogen (secondary N) is 2. The van der Waals surface area contributed by atoms with Crippen molar-refractivity contribution >= 4 is 6.03 Å². The highest BCUT2D eigenvalue weighted by Gasteiger charge is 2.51. The zero-order valence-corrected chi connectivity index (χ0v) is 16.1. The molecule has 5 heteroatoms. The molecule has 146 valence electrons. The van der Waals surface area contributed by atoms with E-state index in [1.165, 1.54) is 38.5 Å². The smallest absolute Gasteiger partial charge is 0.315 e. The number of rotatable bonds is 5. The first kappa shape index (κ1) is 17.5. The maximum absolute atomic E-state index is 12.6. The molecule has 4 saturated carbocycles. The third kappa shape index (κ3) is 3.71. The molecule has 4 fully saturated rings. The van der Waals surface area contributed by atoms with Crippen LogP contribution in [-0.4, -0.2) is 16.6 Å². The first-order valence-electron chi connectivity index (χ1n) is 10.4. The van der Waals surface area contributed by atoms with Crippen molar-refractivity contribution in [1.29, 1.82) is 0 Å². The number of amides is 2. The molecule has 6 rings (SSSR count). The summed E-state index contributed by atoms with van der Waals surface area (Å²) in [6, 6.07) is 13.3. The largest absolute Gasteiger partial charge is 0.439 e. The highest BCUT2D eigenvalue weighted by atomic mass is 16.5. The van der Waals surface area contributed by atoms with E-state index in [4.69, 9.17) is 4.74 Å². The molecular weight excluding hydrogens is 350 g/mol. The predicted molar refractivity (Wildman–Crippen MR) is 107 cm³/mol. The Morgan fingerprint density at radius 2 is 1.79 bits per heavy atom. The summed E-state index contributed by atoms with van der Waals surface area (Å²) in [6.45, 7) is 0.484. The van der Waals surface area contributed by atoms with Crippen LogP contribution < -0.4 is 15.4 Å². The number of hydrogen-bond acceptors (Lipinski definition) is 3. The number of ether oxygens (including phenoxy) is 1. The fourth-order valence-electron chi connectivity index (χ4n) is 5.98. The van der Waals surface area contributed by atoms with E-state index in [0.717, 1.165) is 29.1 Å². The Kier molecular flexibility index (Phi) is 4.46. The zero-order chi connectivity index (χ0) is 19.0. The van der Waals surface area contributed by atoms with E-state index in [9.17, 15) is 4.79 Å². The summed E-state index contributed by atoms with van der Waals surface area (Å²) >= 11 is 0. The van der Waals surface area contributed by atoms with Crippen molar-refractivity contribution in [3.05, 3.63) is 54.2 Å². The van der Waals surface area contributed by atoms with Crippen LogP contribution in [0.25, 0.3) is 0 Å². The summed E-state index contributed by atoms with van der Waals surface area (Å²) < 4.78 is 5.78. The molecule has 0 atom stereocenters. The molecule has 0 spiro atoms. The van der Waals surface area contributed by atoms with Gasteiger partial charge >= 0.3 is 6.03 Å². The third-order valence-corrected chi connectivity index (χ3v) is 6.63. The van der Waals surface area contributed by atoms with Gasteiger partial charge in [0.15, 0.2) is 0 Å². The molecule has 1 aromatic carbocycles. The van der Waals surface area contributed by atoms with Crippen LogP contribution in [0.2, 0.25) is 0 Å². The summed E-state index contributed by atoms with van der Waals surface area (Å²) in [6.07, 6.45) is 9.35. The van der Waals surface area contributed by atoms with Gasteiger partial charge in [0.05, 0.1) is 0 Å². The van der Waals surface area contributed by atoms with Gasteiger partial charge in [-0.25, -0.2) is 9.78 Å². The van der Waals surface area contributed by atoms with Crippen LogP contribution in [0, 0.1) is 17.8 Å². The minimum absolute atomic E-state index is 0.0435. The maximum Gasteiger partial charge on any atom is 0.315 e. The predicted octanol–water partition coefficient (Wildman–Crippen LogP) is 4.64. The molecule has 4 aliphatic carbocycles. The molecule has 2 N–H and O–H groups in total. The van der Waals surface area contributed by atoms with Crippen LogP contribution in [0.15, 0.2) is 48.7 Å². The van der Waals surface area contributed by atoms with Gasteiger partial charge in [-0.2, -0.15) is 0 Å². The lowest BCUT2D eigenvalue weighted by atomic mass is 9.53. The monoisotopic (exact) mass is 377 g/mol. The van der Waals surface area contributed by atoms with Crippen molar-refractivity contribution in [2.45, 2.75) is 50.6 Å². The van der Waals surface area contributed by atoms with Gasteiger partial charge in [0, 0.05) is 24.3 Å². The van der Waals surface area contributed by atoms with Crippen molar-refractivity contribution in [1.82, 2.24) is 15.6 Å². The van der Waals surface area contributed by atoms with E-state index < -0.39 is 0 Å². The number of pyridine rings is 1. The molecule has 0 aliphatic heterocycles. The molecule has 0 saturated heterocycles. The van der Waals surface area contributed by atoms with Crippen LogP contribution >= 0.6 is 0 Å². The summed E-state index contributed by atoms with van der Waals surface area (Å²) in [5, 5.41) is 6.40. The number of carbonyl (C=O) groups excluding carboxylic acids is 1.